The maximum atomic E-state index is 13.3. The summed E-state index contributed by atoms with van der Waals surface area (Å²) in [4.78, 5) is 17.8. The minimum absolute atomic E-state index is 0.201. The molecule has 0 spiro atoms. The molecule has 1 aliphatic heterocycles. The van der Waals surface area contributed by atoms with Crippen molar-refractivity contribution in [1.82, 2.24) is 19.6 Å². The third kappa shape index (κ3) is 7.17. The molecule has 7 heteroatoms. The van der Waals surface area contributed by atoms with Gasteiger partial charge < -0.3 is 10.2 Å². The van der Waals surface area contributed by atoms with Gasteiger partial charge in [-0.3, -0.25) is 14.4 Å². The second-order valence-corrected chi connectivity index (χ2v) is 9.45. The van der Waals surface area contributed by atoms with Crippen LogP contribution in [-0.2, 0) is 24.4 Å². The lowest BCUT2D eigenvalue weighted by Gasteiger charge is -2.28. The number of carbonyl (C=O) groups is 1. The van der Waals surface area contributed by atoms with Crippen LogP contribution in [0.15, 0.2) is 71.5 Å². The fourth-order valence-electron chi connectivity index (χ4n) is 4.25. The van der Waals surface area contributed by atoms with Gasteiger partial charge in [-0.1, -0.05) is 46.3 Å². The number of rotatable bonds is 6. The topological polar surface area (TPSA) is 53.4 Å². The van der Waals surface area contributed by atoms with Gasteiger partial charge in [0.1, 0.15) is 0 Å². The molecule has 0 fully saturated rings. The number of halogens is 1. The Morgan fingerprint density at radius 1 is 1.06 bits per heavy atom. The van der Waals surface area contributed by atoms with E-state index >= 15 is 0 Å². The van der Waals surface area contributed by atoms with Crippen molar-refractivity contribution >= 4 is 27.5 Å². The zero-order valence-corrected chi connectivity index (χ0v) is 20.6. The maximum Gasteiger partial charge on any atom is 0.222 e. The van der Waals surface area contributed by atoms with Crippen molar-refractivity contribution in [2.45, 2.75) is 38.9 Å². The molecule has 0 atom stereocenters. The van der Waals surface area contributed by atoms with E-state index in [2.05, 4.69) is 79.8 Å². The van der Waals surface area contributed by atoms with Crippen molar-refractivity contribution in [3.63, 3.8) is 0 Å². The Morgan fingerprint density at radius 3 is 2.76 bits per heavy atom. The summed E-state index contributed by atoms with van der Waals surface area (Å²) in [5, 5.41) is 7.84. The van der Waals surface area contributed by atoms with Gasteiger partial charge in [0, 0.05) is 74.8 Å². The summed E-state index contributed by atoms with van der Waals surface area (Å²) < 4.78 is 2.92. The third-order valence-electron chi connectivity index (χ3n) is 6.02. The highest BCUT2D eigenvalue weighted by molar-refractivity contribution is 9.10. The zero-order valence-electron chi connectivity index (χ0n) is 19.0. The van der Waals surface area contributed by atoms with Gasteiger partial charge in [0.2, 0.25) is 5.91 Å². The number of hydrogen-bond donors (Lipinski definition) is 1. The first-order valence-electron chi connectivity index (χ1n) is 11.7. The van der Waals surface area contributed by atoms with Gasteiger partial charge >= 0.3 is 0 Å². The number of fused-ring (bicyclic) bond motifs is 1. The van der Waals surface area contributed by atoms with Gasteiger partial charge in [0.15, 0.2) is 0 Å². The smallest absolute Gasteiger partial charge is 0.222 e. The van der Waals surface area contributed by atoms with Crippen molar-refractivity contribution < 1.29 is 4.79 Å². The predicted octanol–water partition coefficient (Wildman–Crippen LogP) is 4.77. The standard InChI is InChI=1S/C26H32BrN5O/c27-24-10-11-25-23(19-24)21-31(26(33)9-4-15-32-16-6-13-29-32)18-17-30(14-5-12-28-25)20-22-7-2-1-3-8-22/h1-3,6-8,10-11,13,16,19,28H,4-5,9,12,14-15,17-18,20-21H2. The van der Waals surface area contributed by atoms with E-state index < -0.39 is 0 Å². The van der Waals surface area contributed by atoms with E-state index in [9.17, 15) is 4.79 Å². The van der Waals surface area contributed by atoms with Gasteiger partial charge in [-0.05, 0) is 48.2 Å². The highest BCUT2D eigenvalue weighted by atomic mass is 79.9. The third-order valence-corrected chi connectivity index (χ3v) is 6.51. The molecule has 0 radical (unpaired) electrons. The van der Waals surface area contributed by atoms with Gasteiger partial charge in [0.05, 0.1) is 0 Å². The Labute approximate surface area is 204 Å². The molecule has 0 saturated carbocycles. The van der Waals surface area contributed by atoms with Crippen LogP contribution in [0, 0.1) is 0 Å². The molecule has 3 aromatic rings. The molecule has 174 valence electrons. The summed E-state index contributed by atoms with van der Waals surface area (Å²) in [7, 11) is 0. The molecule has 4 rings (SSSR count). The summed E-state index contributed by atoms with van der Waals surface area (Å²) >= 11 is 3.60. The van der Waals surface area contributed by atoms with Crippen LogP contribution in [0.3, 0.4) is 0 Å². The number of aromatic nitrogens is 2. The summed E-state index contributed by atoms with van der Waals surface area (Å²) in [5.41, 5.74) is 3.58. The lowest BCUT2D eigenvalue weighted by Crippen LogP contribution is -2.38. The number of benzene rings is 2. The molecule has 1 aliphatic rings. The molecule has 1 amide bonds. The quantitative estimate of drug-likeness (QED) is 0.519. The molecular weight excluding hydrogens is 478 g/mol. The molecule has 1 aromatic heterocycles. The number of hydrogen-bond acceptors (Lipinski definition) is 4. The number of anilines is 1. The van der Waals surface area contributed by atoms with Crippen molar-refractivity contribution in [2.75, 3.05) is 31.5 Å². The summed E-state index contributed by atoms with van der Waals surface area (Å²) in [6, 6.07) is 18.8. The Morgan fingerprint density at radius 2 is 1.94 bits per heavy atom. The monoisotopic (exact) mass is 509 g/mol. The van der Waals surface area contributed by atoms with Gasteiger partial charge in [-0.2, -0.15) is 5.10 Å². The molecule has 0 aliphatic carbocycles. The van der Waals surface area contributed by atoms with E-state index in [4.69, 9.17) is 0 Å². The summed E-state index contributed by atoms with van der Waals surface area (Å²) in [6.45, 7) is 5.77. The average Bonchev–Trinajstić information content (AvgIpc) is 3.33. The van der Waals surface area contributed by atoms with Crippen molar-refractivity contribution in [1.29, 1.82) is 0 Å². The van der Waals surface area contributed by atoms with E-state index in [1.54, 1.807) is 6.20 Å². The van der Waals surface area contributed by atoms with E-state index in [0.29, 0.717) is 13.0 Å². The van der Waals surface area contributed by atoms with Crippen molar-refractivity contribution in [3.8, 4) is 0 Å². The molecule has 2 heterocycles. The molecule has 33 heavy (non-hydrogen) atoms. The van der Waals surface area contributed by atoms with Crippen LogP contribution in [0.25, 0.3) is 0 Å². The van der Waals surface area contributed by atoms with Crippen LogP contribution in [0.4, 0.5) is 5.69 Å². The number of amides is 1. The largest absolute Gasteiger partial charge is 0.385 e. The highest BCUT2D eigenvalue weighted by Gasteiger charge is 2.19. The Hall–Kier alpha value is -2.64. The second kappa shape index (κ2) is 12.0. The number of nitrogens with one attached hydrogen (secondary N) is 1. The second-order valence-electron chi connectivity index (χ2n) is 8.53. The van der Waals surface area contributed by atoms with Crippen molar-refractivity contribution in [2.24, 2.45) is 0 Å². The molecule has 0 unspecified atom stereocenters. The van der Waals surface area contributed by atoms with E-state index in [-0.39, 0.29) is 5.91 Å². The molecule has 0 saturated heterocycles. The lowest BCUT2D eigenvalue weighted by molar-refractivity contribution is -0.132. The normalized spacial score (nSPS) is 15.4. The molecule has 2 aromatic carbocycles. The van der Waals surface area contributed by atoms with Crippen LogP contribution in [0.1, 0.15) is 30.4 Å². The number of carbonyl (C=O) groups excluding carboxylic acids is 1. The maximum absolute atomic E-state index is 13.3. The molecule has 1 N–H and O–H groups in total. The number of aryl methyl sites for hydroxylation is 1. The zero-order chi connectivity index (χ0) is 22.9. The van der Waals surface area contributed by atoms with Crippen LogP contribution in [-0.4, -0.2) is 51.7 Å². The SMILES string of the molecule is O=C(CCCn1cccn1)N1CCN(Cc2ccccc2)CCCNc2ccc(Br)cc2C1. The van der Waals surface area contributed by atoms with E-state index in [1.807, 2.05) is 21.8 Å². The van der Waals surface area contributed by atoms with Crippen LogP contribution in [0.5, 0.6) is 0 Å². The van der Waals surface area contributed by atoms with Crippen LogP contribution >= 0.6 is 15.9 Å². The fraction of sp³-hybridized carbons (Fsp3) is 0.385. The first-order valence-corrected chi connectivity index (χ1v) is 12.5. The summed E-state index contributed by atoms with van der Waals surface area (Å²) in [5.74, 6) is 0.201. The molecule has 6 nitrogen and oxygen atoms in total. The van der Waals surface area contributed by atoms with Gasteiger partial charge in [-0.15, -0.1) is 0 Å². The van der Waals surface area contributed by atoms with Gasteiger partial charge in [-0.25, -0.2) is 0 Å². The first-order chi connectivity index (χ1) is 16.2. The molecule has 0 bridgehead atoms. The molecular formula is C26H32BrN5O. The van der Waals surface area contributed by atoms with E-state index in [0.717, 1.165) is 67.8 Å². The average molecular weight is 510 g/mol. The minimum atomic E-state index is 0.201. The Bertz CT molecular complexity index is 1010. The van der Waals surface area contributed by atoms with Crippen molar-refractivity contribution in [3.05, 3.63) is 82.6 Å². The predicted molar refractivity (Wildman–Crippen MR) is 136 cm³/mol. The lowest BCUT2D eigenvalue weighted by atomic mass is 10.1. The van der Waals surface area contributed by atoms with Crippen LogP contribution < -0.4 is 5.32 Å². The Kier molecular flexibility index (Phi) is 8.55. The fourth-order valence-corrected chi connectivity index (χ4v) is 4.65. The van der Waals surface area contributed by atoms with Gasteiger partial charge in [0.25, 0.3) is 0 Å². The summed E-state index contributed by atoms with van der Waals surface area (Å²) in [6.07, 6.45) is 6.08. The number of nitrogens with zero attached hydrogens (tertiary/aromatic N) is 4. The highest BCUT2D eigenvalue weighted by Crippen LogP contribution is 2.24. The van der Waals surface area contributed by atoms with Crippen LogP contribution in [0.2, 0.25) is 0 Å². The Balaban J connectivity index is 1.47. The van der Waals surface area contributed by atoms with E-state index in [1.165, 1.54) is 5.56 Å². The first kappa shape index (κ1) is 23.5. The minimum Gasteiger partial charge on any atom is -0.385 e.